The smallest absolute Gasteiger partial charge is 0.308 e. The number of carbonyl (C=O) groups excluding carboxylic acids is 1. The van der Waals surface area contributed by atoms with E-state index in [0.29, 0.717) is 11.1 Å². The number of carboxylic acid groups (broad SMARTS) is 1. The summed E-state index contributed by atoms with van der Waals surface area (Å²) >= 11 is 0. The highest BCUT2D eigenvalue weighted by molar-refractivity contribution is 5.71. The lowest BCUT2D eigenvalue weighted by Crippen LogP contribution is -2.24. The van der Waals surface area contributed by atoms with Crippen LogP contribution in [0.4, 0.5) is 0 Å². The molecule has 110 valence electrons. The lowest BCUT2D eigenvalue weighted by molar-refractivity contribution is -0.147. The summed E-state index contributed by atoms with van der Waals surface area (Å²) < 4.78 is 4.69. The minimum Gasteiger partial charge on any atom is -0.481 e. The van der Waals surface area contributed by atoms with Gasteiger partial charge in [0.15, 0.2) is 0 Å². The summed E-state index contributed by atoms with van der Waals surface area (Å²) in [5.41, 5.74) is 0.696. The van der Waals surface area contributed by atoms with E-state index in [4.69, 9.17) is 5.11 Å². The predicted octanol–water partition coefficient (Wildman–Crippen LogP) is 0.661. The Labute approximate surface area is 116 Å². The van der Waals surface area contributed by atoms with E-state index in [1.165, 1.54) is 6.07 Å². The van der Waals surface area contributed by atoms with Crippen molar-refractivity contribution in [1.82, 2.24) is 0 Å². The van der Waals surface area contributed by atoms with Crippen molar-refractivity contribution in [1.29, 1.82) is 0 Å². The van der Waals surface area contributed by atoms with Gasteiger partial charge in [0.2, 0.25) is 0 Å². The molecule has 2 atom stereocenters. The summed E-state index contributed by atoms with van der Waals surface area (Å²) in [5, 5.41) is 28.7. The van der Waals surface area contributed by atoms with Crippen LogP contribution in [0.2, 0.25) is 0 Å². The maximum absolute atomic E-state index is 11.3. The topological polar surface area (TPSA) is 104 Å². The molecule has 6 nitrogen and oxygen atoms in total. The van der Waals surface area contributed by atoms with Crippen LogP contribution in [0.25, 0.3) is 0 Å². The fourth-order valence-corrected chi connectivity index (χ4v) is 1.86. The van der Waals surface area contributed by atoms with Crippen LogP contribution in [-0.2, 0) is 20.7 Å². The summed E-state index contributed by atoms with van der Waals surface area (Å²) in [6.45, 7) is 1.83. The molecule has 1 aromatic carbocycles. The van der Waals surface area contributed by atoms with Crippen LogP contribution in [0, 0.1) is 0 Å². The Bertz CT molecular complexity index is 470. The number of ether oxygens (including phenoxy) is 1. The highest BCUT2D eigenvalue weighted by Gasteiger charge is 2.24. The number of hydrogen-bond acceptors (Lipinski definition) is 5. The molecule has 1 aromatic rings. The van der Waals surface area contributed by atoms with Crippen molar-refractivity contribution in [2.45, 2.75) is 32.0 Å². The van der Waals surface area contributed by atoms with Crippen LogP contribution in [0.1, 0.15) is 30.6 Å². The van der Waals surface area contributed by atoms with Crippen LogP contribution in [0.3, 0.4) is 0 Å². The van der Waals surface area contributed by atoms with Gasteiger partial charge < -0.3 is 20.1 Å². The Hall–Kier alpha value is -1.92. The zero-order valence-corrected chi connectivity index (χ0v) is 11.2. The molecule has 20 heavy (non-hydrogen) atoms. The van der Waals surface area contributed by atoms with Gasteiger partial charge in [-0.15, -0.1) is 0 Å². The molecule has 6 heteroatoms. The van der Waals surface area contributed by atoms with E-state index in [0.717, 1.165) is 0 Å². The molecule has 1 rings (SSSR count). The van der Waals surface area contributed by atoms with Gasteiger partial charge in [-0.2, -0.15) is 0 Å². The average Bonchev–Trinajstić information content (AvgIpc) is 2.38. The van der Waals surface area contributed by atoms with Crippen molar-refractivity contribution >= 4 is 11.9 Å². The Kier molecular flexibility index (Phi) is 6.14. The second-order valence-electron chi connectivity index (χ2n) is 4.29. The fourth-order valence-electron chi connectivity index (χ4n) is 1.86. The van der Waals surface area contributed by atoms with Crippen LogP contribution < -0.4 is 0 Å². The third-order valence-corrected chi connectivity index (χ3v) is 2.76. The molecule has 0 amide bonds. The minimum absolute atomic E-state index is 0.192. The first-order chi connectivity index (χ1) is 9.45. The molecule has 0 heterocycles. The molecule has 0 aliphatic rings. The van der Waals surface area contributed by atoms with Crippen LogP contribution in [0.15, 0.2) is 24.3 Å². The molecule has 0 aliphatic carbocycles. The lowest BCUT2D eigenvalue weighted by Gasteiger charge is -2.19. The largest absolute Gasteiger partial charge is 0.481 e. The molecular weight excluding hydrogens is 264 g/mol. The Morgan fingerprint density at radius 3 is 2.50 bits per heavy atom. The average molecular weight is 282 g/mol. The molecule has 3 N–H and O–H groups in total. The van der Waals surface area contributed by atoms with Gasteiger partial charge >= 0.3 is 11.9 Å². The molecule has 0 aliphatic heterocycles. The van der Waals surface area contributed by atoms with Crippen molar-refractivity contribution < 1.29 is 29.6 Å². The number of esters is 1. The summed E-state index contributed by atoms with van der Waals surface area (Å²) in [4.78, 5) is 22.0. The van der Waals surface area contributed by atoms with E-state index in [2.05, 4.69) is 4.74 Å². The van der Waals surface area contributed by atoms with Crippen LogP contribution in [-0.4, -0.2) is 40.0 Å². The van der Waals surface area contributed by atoms with Crippen molar-refractivity contribution in [2.24, 2.45) is 0 Å². The van der Waals surface area contributed by atoms with Gasteiger partial charge in [-0.05, 0) is 18.1 Å². The molecule has 0 saturated heterocycles. The SMILES string of the molecule is CCOC(=O)CC(O)C(O)c1ccccc1CC(=O)O. The fraction of sp³-hybridized carbons (Fsp3) is 0.429. The lowest BCUT2D eigenvalue weighted by atomic mass is 9.95. The molecule has 0 fully saturated rings. The highest BCUT2D eigenvalue weighted by atomic mass is 16.5. The van der Waals surface area contributed by atoms with Crippen molar-refractivity contribution in [3.05, 3.63) is 35.4 Å². The summed E-state index contributed by atoms with van der Waals surface area (Å²) in [6.07, 6.45) is -3.30. The maximum Gasteiger partial charge on any atom is 0.308 e. The van der Waals surface area contributed by atoms with Crippen molar-refractivity contribution in [3.8, 4) is 0 Å². The van der Waals surface area contributed by atoms with E-state index >= 15 is 0 Å². The van der Waals surface area contributed by atoms with Gasteiger partial charge in [-0.25, -0.2) is 0 Å². The number of aliphatic carboxylic acids is 1. The third-order valence-electron chi connectivity index (χ3n) is 2.76. The number of benzene rings is 1. The predicted molar refractivity (Wildman–Crippen MR) is 70.0 cm³/mol. The number of carboxylic acids is 1. The Balaban J connectivity index is 2.82. The monoisotopic (exact) mass is 282 g/mol. The zero-order chi connectivity index (χ0) is 15.1. The van der Waals surface area contributed by atoms with E-state index < -0.39 is 24.1 Å². The molecule has 0 spiro atoms. The van der Waals surface area contributed by atoms with Crippen molar-refractivity contribution in [3.63, 3.8) is 0 Å². The van der Waals surface area contributed by atoms with Crippen LogP contribution >= 0.6 is 0 Å². The number of hydrogen-bond donors (Lipinski definition) is 3. The van der Waals surface area contributed by atoms with Gasteiger partial charge in [0.05, 0.1) is 25.6 Å². The second-order valence-corrected chi connectivity index (χ2v) is 4.29. The first-order valence-electron chi connectivity index (χ1n) is 6.27. The highest BCUT2D eigenvalue weighted by Crippen LogP contribution is 2.23. The second kappa shape index (κ2) is 7.62. The molecule has 0 saturated carbocycles. The van der Waals surface area contributed by atoms with E-state index in [1.54, 1.807) is 25.1 Å². The maximum atomic E-state index is 11.3. The van der Waals surface area contributed by atoms with Gasteiger partial charge in [-0.1, -0.05) is 24.3 Å². The van der Waals surface area contributed by atoms with Gasteiger partial charge in [0, 0.05) is 0 Å². The summed E-state index contributed by atoms with van der Waals surface area (Å²) in [5.74, 6) is -1.65. The van der Waals surface area contributed by atoms with Gasteiger partial charge in [0.1, 0.15) is 6.10 Å². The molecule has 0 bridgehead atoms. The quantitative estimate of drug-likeness (QED) is 0.635. The Morgan fingerprint density at radius 1 is 1.25 bits per heavy atom. The number of carbonyl (C=O) groups is 2. The normalized spacial score (nSPS) is 13.6. The first kappa shape index (κ1) is 16.1. The van der Waals surface area contributed by atoms with Gasteiger partial charge in [-0.3, -0.25) is 9.59 Å². The van der Waals surface area contributed by atoms with Crippen molar-refractivity contribution in [2.75, 3.05) is 6.61 Å². The molecule has 2 unspecified atom stereocenters. The van der Waals surface area contributed by atoms with E-state index in [9.17, 15) is 19.8 Å². The van der Waals surface area contributed by atoms with Gasteiger partial charge in [0.25, 0.3) is 0 Å². The molecule has 0 radical (unpaired) electrons. The summed E-state index contributed by atoms with van der Waals surface area (Å²) in [6, 6.07) is 6.36. The molecular formula is C14H18O6. The third kappa shape index (κ3) is 4.64. The summed E-state index contributed by atoms with van der Waals surface area (Å²) in [7, 11) is 0. The number of aliphatic hydroxyl groups excluding tert-OH is 2. The first-order valence-corrected chi connectivity index (χ1v) is 6.27. The zero-order valence-electron chi connectivity index (χ0n) is 11.2. The Morgan fingerprint density at radius 2 is 1.90 bits per heavy atom. The molecule has 0 aromatic heterocycles. The van der Waals surface area contributed by atoms with Crippen LogP contribution in [0.5, 0.6) is 0 Å². The standard InChI is InChI=1S/C14H18O6/c1-2-20-13(18)8-11(15)14(19)10-6-4-3-5-9(10)7-12(16)17/h3-6,11,14-15,19H,2,7-8H2,1H3,(H,16,17). The van der Waals surface area contributed by atoms with E-state index in [-0.39, 0.29) is 19.4 Å². The number of aliphatic hydroxyl groups is 2. The minimum atomic E-state index is -1.34. The number of rotatable bonds is 7. The van der Waals surface area contributed by atoms with E-state index in [1.807, 2.05) is 0 Å².